The molecule has 626 valence electrons. The van der Waals surface area contributed by atoms with Crippen molar-refractivity contribution in [1.82, 2.24) is 39.1 Å². The Hall–Kier alpha value is -14.4. The number of halogens is 3. The fourth-order valence-electron chi connectivity index (χ4n) is 11.9. The molecule has 0 spiro atoms. The number of benzene rings is 7. The van der Waals surface area contributed by atoms with Gasteiger partial charge in [-0.3, -0.25) is 73.3 Å². The Morgan fingerprint density at radius 1 is 0.402 bits per heavy atom. The van der Waals surface area contributed by atoms with Gasteiger partial charge in [-0.05, 0) is 119 Å². The van der Waals surface area contributed by atoms with Gasteiger partial charge < -0.3 is 40.9 Å². The van der Waals surface area contributed by atoms with Crippen molar-refractivity contribution in [3.8, 4) is 68.0 Å². The van der Waals surface area contributed by atoms with Gasteiger partial charge in [-0.25, -0.2) is 19.2 Å². The molecular weight excluding hydrogens is 1680 g/mol. The van der Waals surface area contributed by atoms with Gasteiger partial charge >= 0.3 is 23.9 Å². The van der Waals surface area contributed by atoms with E-state index >= 15 is 0 Å². The first-order valence-corrected chi connectivity index (χ1v) is 38.3. The Balaban J connectivity index is 0.000000185. The van der Waals surface area contributed by atoms with Gasteiger partial charge in [0.05, 0.1) is 49.7 Å². The molecule has 12 rings (SSSR count). The number of rotatable bonds is 27. The van der Waals surface area contributed by atoms with E-state index in [-0.39, 0.29) is 112 Å². The number of carboxylic acid groups (broad SMARTS) is 4. The van der Waals surface area contributed by atoms with Crippen molar-refractivity contribution < 1.29 is 84.3 Å². The molecule has 0 aliphatic rings. The number of aromatic hydroxyl groups is 4. The highest BCUT2D eigenvalue weighted by molar-refractivity contribution is 7.80. The van der Waals surface area contributed by atoms with Gasteiger partial charge in [-0.15, -0.1) is 11.3 Å². The van der Waals surface area contributed by atoms with Crippen LogP contribution in [0, 0.1) is 27.2 Å². The standard InChI is InChI=1S/C23H22N4O5S.C21H17ClN4O6.C21H18ClN3O4.C19H16ClN3O4S/c1-13-4-7-16(8-5-13)21-22(28)20(25-26(21)3)14(2)24-12-17(33)10-15-6-9-18(23(29)30)19(11-15)27(31)32;1-11(18-20(28)19(25(2)24-18)12-3-6-14(22)7-4-12)23-10-17(27)13-5-8-15(21(29)30)16(9-13)26(31)32;1-12(23-11-17(26)13-3-5-15(6-4-13)21(28)29)18-20(27)19(25(2)24-18)14-7-9-16(22)10-8-14;1-10(21-9-13(24)14-7-8-15(28-14)19(26)27)16-18(25)17(23(2)22-16)11-3-5-12(20)6-4-11/h4-9,11,28H,10,12H2,1-3H3,(H,29,30);3-9,28H,10H2,1-2H3,(H,29,30);3-10,27H,11H2,1-2H3,(H,28,29);3-8,25H,9H2,1-2H3,(H,26,27). The van der Waals surface area contributed by atoms with E-state index in [9.17, 15) is 74.2 Å². The molecule has 7 aromatic carbocycles. The van der Waals surface area contributed by atoms with Crippen LogP contribution >= 0.6 is 58.4 Å². The number of carbonyl (C=O) groups is 7. The Bertz CT molecular complexity index is 6230. The summed E-state index contributed by atoms with van der Waals surface area (Å²) in [6, 6.07) is 44.0. The molecule has 122 heavy (non-hydrogen) atoms. The van der Waals surface area contributed by atoms with Gasteiger partial charge in [0.15, 0.2) is 40.3 Å². The predicted molar refractivity (Wildman–Crippen MR) is 463 cm³/mol. The first kappa shape index (κ1) is 91.5. The Morgan fingerprint density at radius 3 is 1.06 bits per heavy atom. The number of ketones is 3. The van der Waals surface area contributed by atoms with Crippen molar-refractivity contribution in [3.05, 3.63) is 277 Å². The number of thiocarbonyl (C=S) groups is 1. The van der Waals surface area contributed by atoms with Crippen LogP contribution in [-0.4, -0.2) is 185 Å². The first-order valence-electron chi connectivity index (χ1n) is 36.0. The van der Waals surface area contributed by atoms with Gasteiger partial charge in [-0.2, -0.15) is 20.4 Å². The number of nitro groups is 2. The third kappa shape index (κ3) is 22.5. The number of carbonyl (C=O) groups excluding carboxylic acids is 3. The molecule has 5 heterocycles. The smallest absolute Gasteiger partial charge is 0.345 e. The second-order valence-corrected chi connectivity index (χ2v) is 29.7. The summed E-state index contributed by atoms with van der Waals surface area (Å²) in [6.45, 7) is 8.03. The Morgan fingerprint density at radius 2 is 0.713 bits per heavy atom. The second-order valence-electron chi connectivity index (χ2n) is 26.7. The van der Waals surface area contributed by atoms with E-state index in [0.29, 0.717) is 87.1 Å². The maximum absolute atomic E-state index is 12.5. The van der Waals surface area contributed by atoms with E-state index in [4.69, 9.17) is 67.4 Å². The highest BCUT2D eigenvalue weighted by Crippen LogP contribution is 2.38. The zero-order valence-corrected chi connectivity index (χ0v) is 69.9. The van der Waals surface area contributed by atoms with Crippen LogP contribution in [0.1, 0.15) is 133 Å². The maximum atomic E-state index is 12.5. The summed E-state index contributed by atoms with van der Waals surface area (Å²) in [5.41, 5.74) is 7.70. The normalized spacial score (nSPS) is 11.5. The van der Waals surface area contributed by atoms with Crippen molar-refractivity contribution >= 4 is 139 Å². The molecule has 0 aliphatic carbocycles. The number of aromatic nitrogens is 8. The topological polar surface area (TPSA) is 488 Å². The molecule has 38 heteroatoms. The summed E-state index contributed by atoms with van der Waals surface area (Å²) in [6.07, 6.45) is 0.218. The molecule has 12 aromatic rings. The number of hydrogen-bond donors (Lipinski definition) is 8. The fraction of sp³-hybridized carbons (Fsp3) is 0.167. The average Bonchev–Trinajstić information content (AvgIpc) is 1.66. The van der Waals surface area contributed by atoms with Crippen LogP contribution in [0.4, 0.5) is 11.4 Å². The Kier molecular flexibility index (Phi) is 30.3. The molecule has 0 aliphatic heterocycles. The number of nitrogens with zero attached hydrogens (tertiary/aromatic N) is 14. The van der Waals surface area contributed by atoms with E-state index in [0.717, 1.165) is 45.7 Å². The number of aliphatic imine (C=N–C) groups is 4. The third-order valence-electron chi connectivity index (χ3n) is 18.2. The van der Waals surface area contributed by atoms with Crippen LogP contribution in [0.3, 0.4) is 0 Å². The zero-order valence-electron chi connectivity index (χ0n) is 66.0. The van der Waals surface area contributed by atoms with E-state index in [2.05, 4.69) is 40.4 Å². The lowest BCUT2D eigenvalue weighted by Gasteiger charge is -2.05. The number of aryl methyl sites for hydroxylation is 5. The van der Waals surface area contributed by atoms with Crippen molar-refractivity contribution in [2.24, 2.45) is 48.2 Å². The molecule has 0 saturated heterocycles. The van der Waals surface area contributed by atoms with Gasteiger partial charge in [0.25, 0.3) is 11.4 Å². The SMILES string of the molecule is CC(=NCC(=O)c1ccc(C(=O)O)c([N+](=O)[O-])c1)c1nn(C)c(-c2ccc(Cl)cc2)c1O.CC(=NCC(=O)c1ccc(C(=O)O)cc1)c1nn(C)c(-c2ccc(Cl)cc2)c1O.CC(=NCC(=O)c1ccc(C(=O)O)s1)c1nn(C)c(-c2ccc(Cl)cc2)c1O.CC(=NCC(=S)Cc1ccc(C(=O)O)c([N+](=O)[O-])c1)c1nn(C)c(-c2ccc(C)cc2)c1O. The number of nitro benzene ring substituents is 2. The molecule has 0 bridgehead atoms. The minimum Gasteiger partial charge on any atom is -0.504 e. The van der Waals surface area contributed by atoms with Crippen molar-refractivity contribution in [2.75, 3.05) is 26.2 Å². The highest BCUT2D eigenvalue weighted by atomic mass is 35.5. The van der Waals surface area contributed by atoms with Crippen LogP contribution in [-0.2, 0) is 34.6 Å². The van der Waals surface area contributed by atoms with Crippen LogP contribution in [0.25, 0.3) is 45.0 Å². The van der Waals surface area contributed by atoms with E-state index < -0.39 is 56.4 Å². The molecule has 0 radical (unpaired) electrons. The lowest BCUT2D eigenvalue weighted by Crippen LogP contribution is -2.09. The lowest BCUT2D eigenvalue weighted by molar-refractivity contribution is -0.385. The van der Waals surface area contributed by atoms with Crippen molar-refractivity contribution in [2.45, 2.75) is 41.0 Å². The highest BCUT2D eigenvalue weighted by Gasteiger charge is 2.27. The first-order chi connectivity index (χ1) is 57.7. The molecule has 0 amide bonds. The number of carboxylic acids is 4. The molecule has 0 saturated carbocycles. The molecule has 33 nitrogen and oxygen atoms in total. The van der Waals surface area contributed by atoms with Gasteiger partial charge in [0.2, 0.25) is 0 Å². The summed E-state index contributed by atoms with van der Waals surface area (Å²) in [5.74, 6) is -6.26. The van der Waals surface area contributed by atoms with Crippen LogP contribution in [0.5, 0.6) is 23.0 Å². The molecule has 5 aromatic heterocycles. The third-order valence-corrected chi connectivity index (χ3v) is 20.3. The van der Waals surface area contributed by atoms with Gasteiger partial charge in [-0.1, -0.05) is 131 Å². The molecule has 0 unspecified atom stereocenters. The number of hydrogen-bond acceptors (Lipinski definition) is 25. The summed E-state index contributed by atoms with van der Waals surface area (Å²) in [5, 5.41) is 120. The van der Waals surface area contributed by atoms with Crippen LogP contribution < -0.4 is 0 Å². The monoisotopic (exact) mass is 1750 g/mol. The average molecular weight is 1750 g/mol. The summed E-state index contributed by atoms with van der Waals surface area (Å²) < 4.78 is 6.14. The van der Waals surface area contributed by atoms with Crippen LogP contribution in [0.15, 0.2) is 190 Å². The van der Waals surface area contributed by atoms with Gasteiger partial charge in [0.1, 0.15) is 81.2 Å². The lowest BCUT2D eigenvalue weighted by atomic mass is 10.1. The minimum atomic E-state index is -1.47. The molecule has 8 N–H and O–H groups in total. The molecule has 0 atom stereocenters. The second kappa shape index (κ2) is 40.4. The minimum absolute atomic E-state index is 0.0217. The van der Waals surface area contributed by atoms with E-state index in [1.54, 1.807) is 138 Å². The molecule has 0 fully saturated rings. The number of Topliss-reactive ketones (excluding diaryl/α,β-unsaturated/α-hetero) is 3. The fourth-order valence-corrected chi connectivity index (χ4v) is 13.3. The predicted octanol–water partition coefficient (Wildman–Crippen LogP) is 15.6. The number of thiophene rings is 1. The van der Waals surface area contributed by atoms with Crippen molar-refractivity contribution in [1.29, 1.82) is 0 Å². The number of aromatic carboxylic acids is 4. The summed E-state index contributed by atoms with van der Waals surface area (Å²) in [7, 11) is 6.79. The van der Waals surface area contributed by atoms with Crippen molar-refractivity contribution in [3.63, 3.8) is 0 Å². The quantitative estimate of drug-likeness (QED) is 0.00779. The largest absolute Gasteiger partial charge is 0.504 e. The van der Waals surface area contributed by atoms with Gasteiger partial charge in [0, 0.05) is 100 Å². The maximum Gasteiger partial charge on any atom is 0.345 e. The van der Waals surface area contributed by atoms with E-state index in [1.807, 2.05) is 31.2 Å². The summed E-state index contributed by atoms with van der Waals surface area (Å²) >= 11 is 24.0. The Labute approximate surface area is 717 Å². The summed E-state index contributed by atoms with van der Waals surface area (Å²) in [4.78, 5) is 120. The van der Waals surface area contributed by atoms with E-state index in [1.165, 1.54) is 70.0 Å². The molecular formula is C84H73Cl3N14O19S2. The zero-order chi connectivity index (χ0) is 89.4. The van der Waals surface area contributed by atoms with Crippen LogP contribution in [0.2, 0.25) is 15.1 Å².